The molecule has 1 unspecified atom stereocenters. The summed E-state index contributed by atoms with van der Waals surface area (Å²) in [5.41, 5.74) is 9.09. The lowest BCUT2D eigenvalue weighted by Crippen LogP contribution is -2.49. The summed E-state index contributed by atoms with van der Waals surface area (Å²) in [5, 5.41) is 3.05. The lowest BCUT2D eigenvalue weighted by Gasteiger charge is -2.41. The fourth-order valence-electron chi connectivity index (χ4n) is 5.24. The maximum absolute atomic E-state index is 13.9. The van der Waals surface area contributed by atoms with E-state index in [1.54, 1.807) is 19.2 Å². The average Bonchev–Trinajstić information content (AvgIpc) is 2.85. The number of fused-ring (bicyclic) bond motifs is 1. The van der Waals surface area contributed by atoms with Crippen molar-refractivity contribution in [2.75, 3.05) is 13.7 Å². The second-order valence-electron chi connectivity index (χ2n) is 9.33. The van der Waals surface area contributed by atoms with Crippen molar-refractivity contribution in [1.82, 2.24) is 10.2 Å². The molecular formula is C27H35FN4O2. The van der Waals surface area contributed by atoms with E-state index in [-0.39, 0.29) is 17.8 Å². The van der Waals surface area contributed by atoms with E-state index >= 15 is 0 Å². The van der Waals surface area contributed by atoms with Gasteiger partial charge in [-0.05, 0) is 67.5 Å². The van der Waals surface area contributed by atoms with Gasteiger partial charge in [0.05, 0.1) is 12.8 Å². The number of rotatable bonds is 9. The molecule has 182 valence electrons. The van der Waals surface area contributed by atoms with Crippen molar-refractivity contribution < 1.29 is 13.9 Å². The standard InChI is InChI=1S/C27H35FN4O2/c1-34-23-9-5-6-19(16-23)14-15-30-26(33)13-12-25(20-7-3-2-4-8-20)32-18-21-17-22(28)10-11-24(21)31-27(32)29/h5-6,9-11,16-17,20,25H,2-4,7-8,12-15,18H2,1H3,(H2,29,31)(H,30,33). The molecule has 0 bridgehead atoms. The number of halogens is 1. The van der Waals surface area contributed by atoms with Crippen LogP contribution in [-0.2, 0) is 17.8 Å². The van der Waals surface area contributed by atoms with Gasteiger partial charge in [0.1, 0.15) is 11.6 Å². The minimum absolute atomic E-state index is 0.0441. The van der Waals surface area contributed by atoms with Gasteiger partial charge in [-0.25, -0.2) is 9.38 Å². The van der Waals surface area contributed by atoms with E-state index in [1.807, 2.05) is 24.3 Å². The molecule has 0 spiro atoms. The number of amides is 1. The molecule has 1 aliphatic carbocycles. The molecule has 1 atom stereocenters. The molecule has 1 heterocycles. The van der Waals surface area contributed by atoms with Crippen molar-refractivity contribution >= 4 is 17.6 Å². The van der Waals surface area contributed by atoms with Gasteiger partial charge in [0, 0.05) is 31.1 Å². The van der Waals surface area contributed by atoms with E-state index in [0.29, 0.717) is 37.8 Å². The van der Waals surface area contributed by atoms with E-state index in [4.69, 9.17) is 10.5 Å². The average molecular weight is 467 g/mol. The topological polar surface area (TPSA) is 80.0 Å². The Morgan fingerprint density at radius 2 is 2.06 bits per heavy atom. The summed E-state index contributed by atoms with van der Waals surface area (Å²) in [6.45, 7) is 1.11. The van der Waals surface area contributed by atoms with Crippen LogP contribution in [0.2, 0.25) is 0 Å². The third-order valence-corrected chi connectivity index (χ3v) is 7.04. The van der Waals surface area contributed by atoms with Gasteiger partial charge in [0.2, 0.25) is 5.91 Å². The first-order valence-electron chi connectivity index (χ1n) is 12.3. The molecule has 0 radical (unpaired) electrons. The Hall–Kier alpha value is -3.09. The number of methoxy groups -OCH3 is 1. The molecule has 0 aromatic heterocycles. The highest BCUT2D eigenvalue weighted by Gasteiger charge is 2.32. The van der Waals surface area contributed by atoms with Crippen LogP contribution in [0.25, 0.3) is 0 Å². The highest BCUT2D eigenvalue weighted by atomic mass is 19.1. The number of ether oxygens (including phenoxy) is 1. The molecule has 34 heavy (non-hydrogen) atoms. The van der Waals surface area contributed by atoms with Gasteiger partial charge in [0.15, 0.2) is 5.96 Å². The third kappa shape index (κ3) is 6.07. The van der Waals surface area contributed by atoms with Crippen LogP contribution < -0.4 is 15.8 Å². The number of nitrogens with one attached hydrogen (secondary N) is 1. The van der Waals surface area contributed by atoms with Gasteiger partial charge in [0.25, 0.3) is 0 Å². The van der Waals surface area contributed by atoms with Crippen LogP contribution in [-0.4, -0.2) is 36.5 Å². The number of benzene rings is 2. The Balaban J connectivity index is 1.37. The van der Waals surface area contributed by atoms with Crippen molar-refractivity contribution in [1.29, 1.82) is 0 Å². The number of nitrogens with zero attached hydrogens (tertiary/aromatic N) is 2. The van der Waals surface area contributed by atoms with Crippen LogP contribution in [0, 0.1) is 11.7 Å². The number of hydrogen-bond donors (Lipinski definition) is 2. The van der Waals surface area contributed by atoms with Gasteiger partial charge in [-0.2, -0.15) is 0 Å². The van der Waals surface area contributed by atoms with E-state index in [9.17, 15) is 9.18 Å². The Labute approximate surface area is 201 Å². The molecule has 1 fully saturated rings. The van der Waals surface area contributed by atoms with Crippen molar-refractivity contribution in [2.45, 2.75) is 64.0 Å². The lowest BCUT2D eigenvalue weighted by molar-refractivity contribution is -0.121. The molecule has 1 aliphatic heterocycles. The minimum atomic E-state index is -0.265. The van der Waals surface area contributed by atoms with Crippen LogP contribution in [0.15, 0.2) is 47.5 Å². The quantitative estimate of drug-likeness (QED) is 0.562. The van der Waals surface area contributed by atoms with E-state index in [2.05, 4.69) is 15.2 Å². The Bertz CT molecular complexity index is 1020. The zero-order chi connectivity index (χ0) is 23.9. The van der Waals surface area contributed by atoms with E-state index in [0.717, 1.165) is 41.8 Å². The summed E-state index contributed by atoms with van der Waals surface area (Å²) in [5.74, 6) is 1.53. The van der Waals surface area contributed by atoms with E-state index < -0.39 is 0 Å². The van der Waals surface area contributed by atoms with Gasteiger partial charge in [-0.1, -0.05) is 31.4 Å². The number of nitrogens with two attached hydrogens (primary N) is 1. The number of hydrogen-bond acceptors (Lipinski definition) is 5. The van der Waals surface area contributed by atoms with Crippen LogP contribution in [0.3, 0.4) is 0 Å². The van der Waals surface area contributed by atoms with Crippen molar-refractivity contribution in [2.24, 2.45) is 16.6 Å². The molecule has 7 heteroatoms. The van der Waals surface area contributed by atoms with Crippen LogP contribution in [0.1, 0.15) is 56.1 Å². The molecule has 1 amide bonds. The van der Waals surface area contributed by atoms with Crippen molar-refractivity contribution in [3.63, 3.8) is 0 Å². The second kappa shape index (κ2) is 11.4. The number of guanidine groups is 1. The fourth-order valence-corrected chi connectivity index (χ4v) is 5.24. The molecule has 2 aromatic carbocycles. The Morgan fingerprint density at radius 1 is 1.24 bits per heavy atom. The molecule has 1 saturated carbocycles. The summed E-state index contributed by atoms with van der Waals surface area (Å²) in [6.07, 6.45) is 7.79. The largest absolute Gasteiger partial charge is 0.497 e. The fraction of sp³-hybridized carbons (Fsp3) is 0.481. The smallest absolute Gasteiger partial charge is 0.220 e. The highest BCUT2D eigenvalue weighted by molar-refractivity contribution is 5.84. The summed E-state index contributed by atoms with van der Waals surface area (Å²) in [6, 6.07) is 12.7. The number of carbonyl (C=O) groups is 1. The first-order valence-corrected chi connectivity index (χ1v) is 12.3. The molecule has 2 aromatic rings. The molecule has 2 aliphatic rings. The predicted octanol–water partition coefficient (Wildman–Crippen LogP) is 4.68. The SMILES string of the molecule is COc1cccc(CCNC(=O)CCC(C2CCCCC2)N2Cc3cc(F)ccc3N=C2N)c1. The molecule has 3 N–H and O–H groups in total. The van der Waals surface area contributed by atoms with Gasteiger partial charge in [-0.15, -0.1) is 0 Å². The summed E-state index contributed by atoms with van der Waals surface area (Å²) >= 11 is 0. The van der Waals surface area contributed by atoms with Gasteiger partial charge >= 0.3 is 0 Å². The number of carbonyl (C=O) groups excluding carboxylic acids is 1. The van der Waals surface area contributed by atoms with Crippen molar-refractivity contribution in [3.8, 4) is 5.75 Å². The Morgan fingerprint density at radius 3 is 2.85 bits per heavy atom. The second-order valence-corrected chi connectivity index (χ2v) is 9.33. The first-order chi connectivity index (χ1) is 16.5. The molecule has 0 saturated heterocycles. The normalized spacial score (nSPS) is 17.0. The molecule has 6 nitrogen and oxygen atoms in total. The predicted molar refractivity (Wildman–Crippen MR) is 133 cm³/mol. The first kappa shape index (κ1) is 24.0. The molecule has 4 rings (SSSR count). The van der Waals surface area contributed by atoms with Gasteiger partial charge in [-0.3, -0.25) is 4.79 Å². The van der Waals surface area contributed by atoms with Gasteiger partial charge < -0.3 is 20.7 Å². The monoisotopic (exact) mass is 466 g/mol. The highest BCUT2D eigenvalue weighted by Crippen LogP contribution is 2.35. The molecular weight excluding hydrogens is 431 g/mol. The lowest BCUT2D eigenvalue weighted by atomic mass is 9.81. The Kier molecular flexibility index (Phi) is 8.03. The summed E-state index contributed by atoms with van der Waals surface area (Å²) in [4.78, 5) is 19.3. The van der Waals surface area contributed by atoms with Crippen LogP contribution in [0.5, 0.6) is 5.75 Å². The summed E-state index contributed by atoms with van der Waals surface area (Å²) < 4.78 is 19.1. The van der Waals surface area contributed by atoms with Crippen LogP contribution >= 0.6 is 0 Å². The zero-order valence-electron chi connectivity index (χ0n) is 19.9. The zero-order valence-corrected chi connectivity index (χ0v) is 19.9. The maximum Gasteiger partial charge on any atom is 0.220 e. The minimum Gasteiger partial charge on any atom is -0.497 e. The maximum atomic E-state index is 13.9. The summed E-state index contributed by atoms with van der Waals surface area (Å²) in [7, 11) is 1.65. The van der Waals surface area contributed by atoms with Crippen molar-refractivity contribution in [3.05, 3.63) is 59.4 Å². The number of aliphatic imine (C=N–C) groups is 1. The van der Waals surface area contributed by atoms with Crippen LogP contribution in [0.4, 0.5) is 10.1 Å². The van der Waals surface area contributed by atoms with E-state index in [1.165, 1.54) is 25.3 Å². The third-order valence-electron chi connectivity index (χ3n) is 7.04.